The summed E-state index contributed by atoms with van der Waals surface area (Å²) < 4.78 is 5.29. The maximum atomic E-state index is 11.6. The highest BCUT2D eigenvalue weighted by Crippen LogP contribution is 2.44. The van der Waals surface area contributed by atoms with Gasteiger partial charge in [0.25, 0.3) is 0 Å². The van der Waals surface area contributed by atoms with Crippen LogP contribution in [0.1, 0.15) is 29.9 Å². The number of aliphatic carboxylic acids is 1. The lowest BCUT2D eigenvalue weighted by Gasteiger charge is -2.13. The quantitative estimate of drug-likeness (QED) is 0.861. The fraction of sp³-hybridized carbons (Fsp3) is 0.222. The summed E-state index contributed by atoms with van der Waals surface area (Å²) in [6, 6.07) is 16.2. The van der Waals surface area contributed by atoms with E-state index in [9.17, 15) is 9.59 Å². The van der Waals surface area contributed by atoms with Crippen molar-refractivity contribution in [2.75, 3.05) is 6.61 Å². The summed E-state index contributed by atoms with van der Waals surface area (Å²) in [4.78, 5) is 22.1. The first-order valence-electron chi connectivity index (χ1n) is 7.22. The standard InChI is InChI=1S/C18H16O4/c19-17(20)9-10-18(21)22-11-16-14-7-3-1-5-12(14)13-6-2-4-8-15(13)16/h1-8,16H,9-11H2,(H,19,20). The van der Waals surface area contributed by atoms with Gasteiger partial charge in [0.1, 0.15) is 6.61 Å². The van der Waals surface area contributed by atoms with E-state index < -0.39 is 11.9 Å². The molecule has 1 aliphatic rings. The Morgan fingerprint density at radius 3 is 2.00 bits per heavy atom. The minimum absolute atomic E-state index is 0.0150. The van der Waals surface area contributed by atoms with E-state index >= 15 is 0 Å². The minimum Gasteiger partial charge on any atom is -0.481 e. The van der Waals surface area contributed by atoms with E-state index in [1.807, 2.05) is 36.4 Å². The number of fused-ring (bicyclic) bond motifs is 3. The molecule has 0 heterocycles. The van der Waals surface area contributed by atoms with Gasteiger partial charge in [-0.1, -0.05) is 48.5 Å². The van der Waals surface area contributed by atoms with Gasteiger partial charge in [0, 0.05) is 5.92 Å². The van der Waals surface area contributed by atoms with Gasteiger partial charge in [-0.2, -0.15) is 0 Å². The zero-order valence-corrected chi connectivity index (χ0v) is 12.0. The predicted octanol–water partition coefficient (Wildman–Crippen LogP) is 3.21. The maximum absolute atomic E-state index is 11.6. The van der Waals surface area contributed by atoms with Crippen LogP contribution in [-0.4, -0.2) is 23.7 Å². The van der Waals surface area contributed by atoms with Crippen LogP contribution in [0.5, 0.6) is 0 Å². The van der Waals surface area contributed by atoms with Crippen molar-refractivity contribution >= 4 is 11.9 Å². The maximum Gasteiger partial charge on any atom is 0.306 e. The number of carbonyl (C=O) groups is 2. The summed E-state index contributed by atoms with van der Waals surface area (Å²) in [5.41, 5.74) is 4.64. The lowest BCUT2D eigenvalue weighted by atomic mass is 9.98. The van der Waals surface area contributed by atoms with Gasteiger partial charge in [0.05, 0.1) is 12.8 Å². The lowest BCUT2D eigenvalue weighted by molar-refractivity contribution is -0.147. The zero-order chi connectivity index (χ0) is 15.5. The van der Waals surface area contributed by atoms with Crippen LogP contribution in [0.15, 0.2) is 48.5 Å². The Labute approximate surface area is 128 Å². The molecule has 4 heteroatoms. The number of carboxylic acids is 1. The van der Waals surface area contributed by atoms with E-state index in [1.165, 1.54) is 11.1 Å². The fourth-order valence-corrected chi connectivity index (χ4v) is 2.90. The van der Waals surface area contributed by atoms with Crippen molar-refractivity contribution in [1.82, 2.24) is 0 Å². The van der Waals surface area contributed by atoms with Crippen molar-refractivity contribution in [1.29, 1.82) is 0 Å². The molecule has 22 heavy (non-hydrogen) atoms. The molecule has 0 radical (unpaired) electrons. The second kappa shape index (κ2) is 6.02. The normalized spacial score (nSPS) is 12.5. The largest absolute Gasteiger partial charge is 0.481 e. The van der Waals surface area contributed by atoms with Crippen LogP contribution in [0.25, 0.3) is 11.1 Å². The Morgan fingerprint density at radius 2 is 1.45 bits per heavy atom. The number of esters is 1. The summed E-state index contributed by atoms with van der Waals surface area (Å²) in [5.74, 6) is -1.45. The van der Waals surface area contributed by atoms with Crippen LogP contribution in [0.3, 0.4) is 0 Å². The molecule has 112 valence electrons. The van der Waals surface area contributed by atoms with Crippen molar-refractivity contribution in [3.05, 3.63) is 59.7 Å². The van der Waals surface area contributed by atoms with Crippen molar-refractivity contribution < 1.29 is 19.4 Å². The summed E-state index contributed by atoms with van der Waals surface area (Å²) in [7, 11) is 0. The predicted molar refractivity (Wildman–Crippen MR) is 81.5 cm³/mol. The molecule has 1 aliphatic carbocycles. The Kier molecular flexibility index (Phi) is 3.92. The van der Waals surface area contributed by atoms with E-state index in [4.69, 9.17) is 9.84 Å². The van der Waals surface area contributed by atoms with E-state index in [-0.39, 0.29) is 25.4 Å². The first-order valence-corrected chi connectivity index (χ1v) is 7.22. The Hall–Kier alpha value is -2.62. The van der Waals surface area contributed by atoms with E-state index in [2.05, 4.69) is 12.1 Å². The van der Waals surface area contributed by atoms with Gasteiger partial charge in [0.15, 0.2) is 0 Å². The van der Waals surface area contributed by atoms with Gasteiger partial charge in [-0.3, -0.25) is 9.59 Å². The molecule has 0 bridgehead atoms. The number of carbonyl (C=O) groups excluding carboxylic acids is 1. The molecule has 3 rings (SSSR count). The number of carboxylic acid groups (broad SMARTS) is 1. The monoisotopic (exact) mass is 296 g/mol. The summed E-state index contributed by atoms with van der Waals surface area (Å²) in [6.07, 6.45) is -0.290. The second-order valence-electron chi connectivity index (χ2n) is 5.30. The van der Waals surface area contributed by atoms with E-state index in [0.29, 0.717) is 0 Å². The van der Waals surface area contributed by atoms with Crippen LogP contribution in [0, 0.1) is 0 Å². The number of hydrogen-bond donors (Lipinski definition) is 1. The highest BCUT2D eigenvalue weighted by atomic mass is 16.5. The third-order valence-corrected chi connectivity index (χ3v) is 3.92. The smallest absolute Gasteiger partial charge is 0.306 e. The molecular formula is C18H16O4. The molecule has 1 N–H and O–H groups in total. The molecule has 0 atom stereocenters. The number of benzene rings is 2. The number of rotatable bonds is 5. The SMILES string of the molecule is O=C(O)CCC(=O)OCC1c2ccccc2-c2ccccc21. The summed E-state index contributed by atoms with van der Waals surface area (Å²) in [6.45, 7) is 0.243. The molecule has 0 saturated carbocycles. The molecule has 0 saturated heterocycles. The molecule has 0 aromatic heterocycles. The van der Waals surface area contributed by atoms with Gasteiger partial charge >= 0.3 is 11.9 Å². The van der Waals surface area contributed by atoms with Crippen molar-refractivity contribution in [2.45, 2.75) is 18.8 Å². The number of hydrogen-bond acceptors (Lipinski definition) is 3. The Morgan fingerprint density at radius 1 is 0.909 bits per heavy atom. The first kappa shape index (κ1) is 14.3. The van der Waals surface area contributed by atoms with Gasteiger partial charge in [-0.25, -0.2) is 0 Å². The summed E-state index contributed by atoms with van der Waals surface area (Å²) in [5, 5.41) is 8.59. The van der Waals surface area contributed by atoms with Gasteiger partial charge in [-0.15, -0.1) is 0 Å². The highest BCUT2D eigenvalue weighted by molar-refractivity contribution is 5.79. The van der Waals surface area contributed by atoms with Crippen LogP contribution >= 0.6 is 0 Å². The molecule has 4 nitrogen and oxygen atoms in total. The third-order valence-electron chi connectivity index (χ3n) is 3.92. The summed E-state index contributed by atoms with van der Waals surface area (Å²) >= 11 is 0. The molecule has 0 fully saturated rings. The molecule has 0 amide bonds. The molecule has 2 aromatic carbocycles. The molecule has 0 aliphatic heterocycles. The van der Waals surface area contributed by atoms with Crippen molar-refractivity contribution in [3.63, 3.8) is 0 Å². The fourth-order valence-electron chi connectivity index (χ4n) is 2.90. The Balaban J connectivity index is 1.77. The molecule has 2 aromatic rings. The lowest BCUT2D eigenvalue weighted by Crippen LogP contribution is -2.13. The van der Waals surface area contributed by atoms with E-state index in [1.54, 1.807) is 0 Å². The van der Waals surface area contributed by atoms with E-state index in [0.717, 1.165) is 11.1 Å². The molecule has 0 unspecified atom stereocenters. The van der Waals surface area contributed by atoms with Crippen LogP contribution in [-0.2, 0) is 14.3 Å². The van der Waals surface area contributed by atoms with Crippen LogP contribution in [0.2, 0.25) is 0 Å². The van der Waals surface area contributed by atoms with Crippen molar-refractivity contribution in [3.8, 4) is 11.1 Å². The van der Waals surface area contributed by atoms with Crippen LogP contribution in [0.4, 0.5) is 0 Å². The zero-order valence-electron chi connectivity index (χ0n) is 12.0. The molecular weight excluding hydrogens is 280 g/mol. The first-order chi connectivity index (χ1) is 10.7. The highest BCUT2D eigenvalue weighted by Gasteiger charge is 2.28. The Bertz CT molecular complexity index is 675. The average molecular weight is 296 g/mol. The third kappa shape index (κ3) is 2.72. The molecule has 0 spiro atoms. The minimum atomic E-state index is -0.992. The van der Waals surface area contributed by atoms with Gasteiger partial charge in [0.2, 0.25) is 0 Å². The average Bonchev–Trinajstić information content (AvgIpc) is 2.85. The van der Waals surface area contributed by atoms with Gasteiger partial charge in [-0.05, 0) is 22.3 Å². The van der Waals surface area contributed by atoms with Crippen molar-refractivity contribution in [2.24, 2.45) is 0 Å². The van der Waals surface area contributed by atoms with Gasteiger partial charge < -0.3 is 9.84 Å². The topological polar surface area (TPSA) is 63.6 Å². The van der Waals surface area contributed by atoms with Crippen LogP contribution < -0.4 is 0 Å². The number of ether oxygens (including phenoxy) is 1. The second-order valence-corrected chi connectivity index (χ2v) is 5.30.